The van der Waals surface area contributed by atoms with Crippen LogP contribution in [0.4, 0.5) is 0 Å². The molecule has 0 aliphatic carbocycles. The molecule has 248 valence electrons. The van der Waals surface area contributed by atoms with Gasteiger partial charge in [0.2, 0.25) is 0 Å². The molecule has 48 heavy (non-hydrogen) atoms. The summed E-state index contributed by atoms with van der Waals surface area (Å²) in [6, 6.07) is 46.9. The van der Waals surface area contributed by atoms with Gasteiger partial charge in [-0.1, -0.05) is 152 Å². The maximum atomic E-state index is 7.04. The number of ether oxygens (including phenoxy) is 5. The number of rotatable bonds is 15. The lowest BCUT2D eigenvalue weighted by atomic mass is 9.89. The van der Waals surface area contributed by atoms with Crippen LogP contribution in [-0.4, -0.2) is 31.0 Å². The van der Waals surface area contributed by atoms with Gasteiger partial charge < -0.3 is 23.7 Å². The number of hydrogen-bond donors (Lipinski definition) is 0. The Labute approximate surface area is 289 Å². The second-order valence-electron chi connectivity index (χ2n) is 12.1. The molecule has 6 rings (SSSR count). The molecule has 0 bridgehead atoms. The minimum atomic E-state index is -0.494. The number of aryl methyl sites for hydroxylation is 1. The molecule has 0 radical (unpaired) electrons. The van der Waals surface area contributed by atoms with Crippen LogP contribution >= 0.6 is 11.6 Å². The summed E-state index contributed by atoms with van der Waals surface area (Å²) in [4.78, 5) is 0. The largest absolute Gasteiger partial charge is 0.374 e. The average Bonchev–Trinajstić information content (AvgIpc) is 3.14. The molecule has 5 nitrogen and oxygen atoms in total. The number of benzene rings is 5. The molecule has 0 amide bonds. The first kappa shape index (κ1) is 34.1. The summed E-state index contributed by atoms with van der Waals surface area (Å²) in [6.45, 7) is 4.07. The molecule has 1 fully saturated rings. The van der Waals surface area contributed by atoms with Crippen molar-refractivity contribution in [3.05, 3.63) is 178 Å². The summed E-state index contributed by atoms with van der Waals surface area (Å²) in [5, 5.41) is 0.738. The molecule has 5 unspecified atom stereocenters. The van der Waals surface area contributed by atoms with Gasteiger partial charge in [-0.15, -0.1) is 0 Å². The quantitative estimate of drug-likeness (QED) is 0.112. The third kappa shape index (κ3) is 9.20. The van der Waals surface area contributed by atoms with Crippen molar-refractivity contribution < 1.29 is 23.7 Å². The topological polar surface area (TPSA) is 46.2 Å². The molecule has 1 heterocycles. The van der Waals surface area contributed by atoms with Crippen molar-refractivity contribution in [1.82, 2.24) is 0 Å². The summed E-state index contributed by atoms with van der Waals surface area (Å²) in [5.41, 5.74) is 6.34. The highest BCUT2D eigenvalue weighted by Crippen LogP contribution is 2.39. The second kappa shape index (κ2) is 17.5. The molecule has 5 aromatic rings. The maximum Gasteiger partial charge on any atom is 0.117 e. The van der Waals surface area contributed by atoms with E-state index in [0.29, 0.717) is 33.0 Å². The van der Waals surface area contributed by atoms with Gasteiger partial charge >= 0.3 is 0 Å². The zero-order valence-corrected chi connectivity index (χ0v) is 28.1. The van der Waals surface area contributed by atoms with Crippen LogP contribution in [0.25, 0.3) is 0 Å². The first-order chi connectivity index (χ1) is 23.7. The lowest BCUT2D eigenvalue weighted by Gasteiger charge is -2.46. The molecule has 0 saturated carbocycles. The highest BCUT2D eigenvalue weighted by atomic mass is 35.5. The van der Waals surface area contributed by atoms with Gasteiger partial charge in [0.25, 0.3) is 0 Å². The Morgan fingerprint density at radius 3 is 1.50 bits per heavy atom. The lowest BCUT2D eigenvalue weighted by Crippen LogP contribution is -2.58. The van der Waals surface area contributed by atoms with E-state index in [2.05, 4.69) is 61.5 Å². The molecule has 1 aliphatic heterocycles. The minimum absolute atomic E-state index is 0.315. The van der Waals surface area contributed by atoms with E-state index in [9.17, 15) is 0 Å². The van der Waals surface area contributed by atoms with Crippen LogP contribution in [0, 0.1) is 0 Å². The number of hydrogen-bond acceptors (Lipinski definition) is 5. The Bertz CT molecular complexity index is 1650. The van der Waals surface area contributed by atoms with Gasteiger partial charge in [-0.05, 0) is 45.9 Å². The molecule has 1 aliphatic rings. The van der Waals surface area contributed by atoms with Crippen LogP contribution in [0.2, 0.25) is 5.02 Å². The Morgan fingerprint density at radius 2 is 1.00 bits per heavy atom. The van der Waals surface area contributed by atoms with E-state index in [0.717, 1.165) is 44.8 Å². The van der Waals surface area contributed by atoms with Crippen molar-refractivity contribution in [1.29, 1.82) is 0 Å². The summed E-state index contributed by atoms with van der Waals surface area (Å²) in [6.07, 6.45) is -1.57. The van der Waals surface area contributed by atoms with E-state index in [1.807, 2.05) is 84.9 Å². The van der Waals surface area contributed by atoms with Gasteiger partial charge in [0, 0.05) is 5.02 Å². The van der Waals surface area contributed by atoms with Crippen LogP contribution in [0.15, 0.2) is 140 Å². The molecular weight excluding hydrogens is 620 g/mol. The second-order valence-corrected chi connectivity index (χ2v) is 12.5. The van der Waals surface area contributed by atoms with Gasteiger partial charge in [-0.25, -0.2) is 0 Å². The molecule has 1 saturated heterocycles. The highest BCUT2D eigenvalue weighted by Gasteiger charge is 2.49. The van der Waals surface area contributed by atoms with Crippen molar-refractivity contribution in [2.45, 2.75) is 70.3 Å². The molecule has 5 atom stereocenters. The van der Waals surface area contributed by atoms with Gasteiger partial charge in [0.05, 0.1) is 33.0 Å². The molecular formula is C42H43ClO5. The van der Waals surface area contributed by atoms with Gasteiger partial charge in [-0.3, -0.25) is 0 Å². The van der Waals surface area contributed by atoms with E-state index in [1.54, 1.807) is 0 Å². The highest BCUT2D eigenvalue weighted by molar-refractivity contribution is 6.31. The van der Waals surface area contributed by atoms with E-state index in [-0.39, 0.29) is 0 Å². The van der Waals surface area contributed by atoms with Crippen molar-refractivity contribution >= 4 is 11.6 Å². The molecule has 6 heteroatoms. The van der Waals surface area contributed by atoms with Gasteiger partial charge in [0.15, 0.2) is 0 Å². The summed E-state index contributed by atoms with van der Waals surface area (Å²) < 4.78 is 33.9. The zero-order chi connectivity index (χ0) is 33.0. The summed E-state index contributed by atoms with van der Waals surface area (Å²) in [5.74, 6) is 0. The lowest BCUT2D eigenvalue weighted by molar-refractivity contribution is -0.275. The maximum absolute atomic E-state index is 7.04. The first-order valence-electron chi connectivity index (χ1n) is 16.7. The minimum Gasteiger partial charge on any atom is -0.374 e. The summed E-state index contributed by atoms with van der Waals surface area (Å²) >= 11 is 6.60. The zero-order valence-electron chi connectivity index (χ0n) is 27.3. The Morgan fingerprint density at radius 1 is 0.542 bits per heavy atom. The van der Waals surface area contributed by atoms with Crippen LogP contribution in [0.1, 0.15) is 46.4 Å². The van der Waals surface area contributed by atoms with E-state index in [1.165, 1.54) is 0 Å². The molecule has 0 aromatic heterocycles. The third-order valence-electron chi connectivity index (χ3n) is 8.66. The van der Waals surface area contributed by atoms with E-state index >= 15 is 0 Å². The average molecular weight is 663 g/mol. The number of halogens is 1. The summed E-state index contributed by atoms with van der Waals surface area (Å²) in [7, 11) is 0. The molecule has 5 aromatic carbocycles. The fourth-order valence-corrected chi connectivity index (χ4v) is 6.35. The fourth-order valence-electron chi connectivity index (χ4n) is 6.10. The monoisotopic (exact) mass is 662 g/mol. The van der Waals surface area contributed by atoms with Crippen LogP contribution in [0.3, 0.4) is 0 Å². The van der Waals surface area contributed by atoms with Crippen LogP contribution in [-0.2, 0) is 56.5 Å². The predicted molar refractivity (Wildman–Crippen MR) is 190 cm³/mol. The smallest absolute Gasteiger partial charge is 0.117 e. The van der Waals surface area contributed by atoms with Crippen molar-refractivity contribution in [2.75, 3.05) is 6.61 Å². The standard InChI is InChI=1S/C42H43ClO5/c1-2-35-25-36(23-24-37(35)43)39-41(46-28-33-19-11-5-12-20-33)42(47-29-34-21-13-6-14-22-34)40(45-27-32-17-9-4-10-18-32)38(48-39)30-44-26-31-15-7-3-8-16-31/h3-25,38-42H,2,26-30H2,1H3. The third-order valence-corrected chi connectivity index (χ3v) is 9.03. The first-order valence-corrected chi connectivity index (χ1v) is 17.1. The van der Waals surface area contributed by atoms with E-state index < -0.39 is 30.5 Å². The molecule has 0 N–H and O–H groups in total. The van der Waals surface area contributed by atoms with Crippen LogP contribution in [0.5, 0.6) is 0 Å². The van der Waals surface area contributed by atoms with Crippen molar-refractivity contribution in [2.24, 2.45) is 0 Å². The Hall–Kier alpha value is -3.81. The van der Waals surface area contributed by atoms with Crippen molar-refractivity contribution in [3.63, 3.8) is 0 Å². The predicted octanol–water partition coefficient (Wildman–Crippen LogP) is 9.32. The van der Waals surface area contributed by atoms with Gasteiger partial charge in [-0.2, -0.15) is 0 Å². The fraction of sp³-hybridized carbons (Fsp3) is 0.286. The van der Waals surface area contributed by atoms with Gasteiger partial charge in [0.1, 0.15) is 30.5 Å². The van der Waals surface area contributed by atoms with Crippen LogP contribution < -0.4 is 0 Å². The SMILES string of the molecule is CCc1cc(C2OC(COCc3ccccc3)C(OCc3ccccc3)C(OCc3ccccc3)C2OCc2ccccc2)ccc1Cl. The Kier molecular flexibility index (Phi) is 12.5. The van der Waals surface area contributed by atoms with E-state index in [4.69, 9.17) is 35.3 Å². The Balaban J connectivity index is 1.36. The molecule has 0 spiro atoms. The van der Waals surface area contributed by atoms with Crippen molar-refractivity contribution in [3.8, 4) is 0 Å². The normalized spacial score (nSPS) is 20.8.